The summed E-state index contributed by atoms with van der Waals surface area (Å²) in [6.45, 7) is -0.714. The molecule has 1 aromatic heterocycles. The summed E-state index contributed by atoms with van der Waals surface area (Å²) in [4.78, 5) is 15.4. The van der Waals surface area contributed by atoms with E-state index in [2.05, 4.69) is 4.98 Å². The van der Waals surface area contributed by atoms with Gasteiger partial charge in [-0.3, -0.25) is 14.1 Å². The lowest BCUT2D eigenvalue weighted by atomic mass is 10.1. The van der Waals surface area contributed by atoms with Gasteiger partial charge < -0.3 is 9.84 Å². The Hall–Kier alpha value is -3.36. The van der Waals surface area contributed by atoms with Crippen LogP contribution in [-0.4, -0.2) is 38.1 Å². The summed E-state index contributed by atoms with van der Waals surface area (Å²) in [6, 6.07) is 16.2. The lowest BCUT2D eigenvalue weighted by Gasteiger charge is -2.24. The van der Waals surface area contributed by atoms with Crippen molar-refractivity contribution in [2.45, 2.75) is 4.90 Å². The lowest BCUT2D eigenvalue weighted by Crippen LogP contribution is -2.36. The third-order valence-corrected chi connectivity index (χ3v) is 6.07. The zero-order chi connectivity index (χ0) is 21.6. The van der Waals surface area contributed by atoms with Gasteiger partial charge in [-0.15, -0.1) is 12.4 Å². The minimum atomic E-state index is -4.13. The maximum absolute atomic E-state index is 13.3. The van der Waals surface area contributed by atoms with E-state index < -0.39 is 22.5 Å². The van der Waals surface area contributed by atoms with Gasteiger partial charge in [-0.05, 0) is 53.6 Å². The second-order valence-electron chi connectivity index (χ2n) is 6.25. The van der Waals surface area contributed by atoms with Gasteiger partial charge in [0.05, 0.1) is 17.7 Å². The van der Waals surface area contributed by atoms with E-state index in [1.165, 1.54) is 31.4 Å². The van der Waals surface area contributed by atoms with Gasteiger partial charge in [0.15, 0.2) is 0 Å². The van der Waals surface area contributed by atoms with Crippen molar-refractivity contribution in [1.29, 1.82) is 0 Å². The standard InChI is InChI=1S/C22H20N2O5S.ClH/c1-29-19-8-10-20(11-9-19)30(27,28)24(16-22(25)26)21-5-3-2-4-18(21)7-6-17-12-14-23-15-13-17;/h2-15H,16H2,1H3,(H,25,26);1H/b7-6+;. The van der Waals surface area contributed by atoms with Gasteiger partial charge in [0.25, 0.3) is 10.0 Å². The predicted molar refractivity (Wildman–Crippen MR) is 122 cm³/mol. The van der Waals surface area contributed by atoms with Gasteiger partial charge in [0.1, 0.15) is 12.3 Å². The molecule has 0 fully saturated rings. The molecule has 0 bridgehead atoms. The lowest BCUT2D eigenvalue weighted by molar-refractivity contribution is -0.135. The fourth-order valence-electron chi connectivity index (χ4n) is 2.81. The zero-order valence-corrected chi connectivity index (χ0v) is 18.2. The van der Waals surface area contributed by atoms with Gasteiger partial charge in [-0.2, -0.15) is 0 Å². The van der Waals surface area contributed by atoms with E-state index in [9.17, 15) is 18.3 Å². The minimum Gasteiger partial charge on any atom is -0.497 e. The van der Waals surface area contributed by atoms with E-state index in [1.807, 2.05) is 12.1 Å². The highest BCUT2D eigenvalue weighted by Gasteiger charge is 2.28. The van der Waals surface area contributed by atoms with Gasteiger partial charge >= 0.3 is 5.97 Å². The number of ether oxygens (including phenoxy) is 1. The van der Waals surface area contributed by atoms with Crippen LogP contribution in [0.15, 0.2) is 78.0 Å². The third kappa shape index (κ3) is 5.84. The second kappa shape index (κ2) is 10.6. The van der Waals surface area contributed by atoms with Crippen LogP contribution in [0, 0.1) is 0 Å². The number of rotatable bonds is 8. The minimum absolute atomic E-state index is 0. The summed E-state index contributed by atoms with van der Waals surface area (Å²) in [7, 11) is -2.65. The first-order chi connectivity index (χ1) is 14.4. The molecule has 1 N–H and O–H groups in total. The van der Waals surface area contributed by atoms with Gasteiger partial charge in [0.2, 0.25) is 0 Å². The third-order valence-electron chi connectivity index (χ3n) is 4.29. The molecule has 0 atom stereocenters. The summed E-state index contributed by atoms with van der Waals surface area (Å²) in [5.74, 6) is -0.764. The number of aliphatic carboxylic acids is 1. The molecule has 162 valence electrons. The normalized spacial score (nSPS) is 11.0. The van der Waals surface area contributed by atoms with E-state index in [4.69, 9.17) is 4.74 Å². The highest BCUT2D eigenvalue weighted by Crippen LogP contribution is 2.29. The molecule has 7 nitrogen and oxygen atoms in total. The molecular formula is C22H21ClN2O5S. The smallest absolute Gasteiger partial charge is 0.324 e. The first-order valence-electron chi connectivity index (χ1n) is 8.97. The molecule has 0 spiro atoms. The van der Waals surface area contributed by atoms with Crippen molar-refractivity contribution < 1.29 is 23.1 Å². The Morgan fingerprint density at radius 2 is 1.68 bits per heavy atom. The van der Waals surface area contributed by atoms with Crippen LogP contribution in [0.25, 0.3) is 12.2 Å². The van der Waals surface area contributed by atoms with Crippen LogP contribution >= 0.6 is 12.4 Å². The summed E-state index contributed by atoms with van der Waals surface area (Å²) in [5.41, 5.74) is 1.70. The number of carboxylic acids is 1. The van der Waals surface area contributed by atoms with Crippen molar-refractivity contribution in [3.8, 4) is 5.75 Å². The Kier molecular flexibility index (Phi) is 8.18. The van der Waals surface area contributed by atoms with Crippen LogP contribution in [0.4, 0.5) is 5.69 Å². The van der Waals surface area contributed by atoms with Crippen LogP contribution < -0.4 is 9.04 Å². The van der Waals surface area contributed by atoms with E-state index in [1.54, 1.807) is 48.8 Å². The van der Waals surface area contributed by atoms with E-state index >= 15 is 0 Å². The summed E-state index contributed by atoms with van der Waals surface area (Å²) >= 11 is 0. The van der Waals surface area contributed by atoms with Gasteiger partial charge in [-0.1, -0.05) is 30.4 Å². The molecule has 3 aromatic rings. The average Bonchev–Trinajstić information content (AvgIpc) is 2.77. The van der Waals surface area contributed by atoms with E-state index in [0.717, 1.165) is 9.87 Å². The molecular weight excluding hydrogens is 440 g/mol. The van der Waals surface area contributed by atoms with Crippen LogP contribution in [-0.2, 0) is 14.8 Å². The molecule has 0 aliphatic rings. The number of hydrogen-bond acceptors (Lipinski definition) is 5. The van der Waals surface area contributed by atoms with Gasteiger partial charge in [0, 0.05) is 12.4 Å². The Balaban J connectivity index is 0.00000341. The average molecular weight is 461 g/mol. The number of benzene rings is 2. The van der Waals surface area contributed by atoms with Gasteiger partial charge in [-0.25, -0.2) is 8.42 Å². The number of aromatic nitrogens is 1. The van der Waals surface area contributed by atoms with Crippen LogP contribution in [0.3, 0.4) is 0 Å². The quantitative estimate of drug-likeness (QED) is 0.546. The fourth-order valence-corrected chi connectivity index (χ4v) is 4.25. The fraction of sp³-hybridized carbons (Fsp3) is 0.0909. The topological polar surface area (TPSA) is 96.8 Å². The molecule has 1 heterocycles. The van der Waals surface area contributed by atoms with Crippen molar-refractivity contribution in [1.82, 2.24) is 4.98 Å². The number of carboxylic acid groups (broad SMARTS) is 1. The predicted octanol–water partition coefficient (Wildman–Crippen LogP) is 3.96. The van der Waals surface area contributed by atoms with Crippen molar-refractivity contribution in [3.05, 3.63) is 84.2 Å². The molecule has 0 radical (unpaired) electrons. The van der Waals surface area contributed by atoms with Crippen molar-refractivity contribution in [2.24, 2.45) is 0 Å². The first-order valence-corrected chi connectivity index (χ1v) is 10.4. The number of anilines is 1. The van der Waals surface area contributed by atoms with Crippen LogP contribution in [0.1, 0.15) is 11.1 Å². The largest absolute Gasteiger partial charge is 0.497 e. The van der Waals surface area contributed by atoms with E-state index in [0.29, 0.717) is 11.3 Å². The number of carbonyl (C=O) groups is 1. The number of methoxy groups -OCH3 is 1. The Bertz CT molecular complexity index is 1150. The SMILES string of the molecule is COc1ccc(S(=O)(=O)N(CC(=O)O)c2ccccc2/C=C/c2ccncc2)cc1.Cl. The number of para-hydroxylation sites is 1. The molecule has 3 rings (SSSR count). The molecule has 0 unspecified atom stereocenters. The highest BCUT2D eigenvalue weighted by molar-refractivity contribution is 7.92. The maximum Gasteiger partial charge on any atom is 0.324 e. The number of halogens is 1. The number of nitrogens with zero attached hydrogens (tertiary/aromatic N) is 2. The van der Waals surface area contributed by atoms with Crippen LogP contribution in [0.5, 0.6) is 5.75 Å². The summed E-state index contributed by atoms with van der Waals surface area (Å²) in [5, 5.41) is 9.39. The molecule has 0 aliphatic carbocycles. The maximum atomic E-state index is 13.3. The van der Waals surface area contributed by atoms with Crippen molar-refractivity contribution >= 4 is 46.2 Å². The Morgan fingerprint density at radius 1 is 1.03 bits per heavy atom. The molecule has 2 aromatic carbocycles. The molecule has 31 heavy (non-hydrogen) atoms. The summed E-state index contributed by atoms with van der Waals surface area (Å²) in [6.07, 6.45) is 6.84. The number of hydrogen-bond donors (Lipinski definition) is 1. The zero-order valence-electron chi connectivity index (χ0n) is 16.6. The van der Waals surface area contributed by atoms with Crippen molar-refractivity contribution in [3.63, 3.8) is 0 Å². The second-order valence-corrected chi connectivity index (χ2v) is 8.12. The van der Waals surface area contributed by atoms with Crippen LogP contribution in [0.2, 0.25) is 0 Å². The highest BCUT2D eigenvalue weighted by atomic mass is 35.5. The number of sulfonamides is 1. The first kappa shape index (κ1) is 23.9. The molecule has 0 amide bonds. The summed E-state index contributed by atoms with van der Waals surface area (Å²) < 4.78 is 32.5. The molecule has 0 saturated heterocycles. The van der Waals surface area contributed by atoms with Crippen molar-refractivity contribution in [2.75, 3.05) is 18.0 Å². The number of pyridine rings is 1. The Labute approximate surface area is 187 Å². The van der Waals surface area contributed by atoms with E-state index in [-0.39, 0.29) is 23.0 Å². The molecule has 0 aliphatic heterocycles. The molecule has 0 saturated carbocycles. The molecule has 9 heteroatoms. The monoisotopic (exact) mass is 460 g/mol. The Morgan fingerprint density at radius 3 is 2.29 bits per heavy atom.